The minimum Gasteiger partial charge on any atom is -0.291 e. The van der Waals surface area contributed by atoms with Crippen LogP contribution in [0.2, 0.25) is 0 Å². The zero-order valence-electron chi connectivity index (χ0n) is 7.24. The average Bonchev–Trinajstić information content (AvgIpc) is 2.09. The number of alkyl halides is 3. The summed E-state index contributed by atoms with van der Waals surface area (Å²) in [5.74, 6) is -2.06. The molecule has 0 heterocycles. The van der Waals surface area contributed by atoms with Crippen molar-refractivity contribution < 1.29 is 18.0 Å². The van der Waals surface area contributed by atoms with Crippen LogP contribution in [-0.2, 0) is 11.2 Å². The van der Waals surface area contributed by atoms with E-state index in [0.29, 0.717) is 4.47 Å². The third-order valence-electron chi connectivity index (χ3n) is 1.67. The van der Waals surface area contributed by atoms with E-state index in [-0.39, 0.29) is 5.56 Å². The van der Waals surface area contributed by atoms with Gasteiger partial charge in [0.15, 0.2) is 0 Å². The predicted octanol–water partition coefficient (Wildman–Crippen LogP) is 3.53. The quantitative estimate of drug-likeness (QED) is 0.781. The Kier molecular flexibility index (Phi) is 3.78. The van der Waals surface area contributed by atoms with Crippen molar-refractivity contribution in [1.29, 1.82) is 0 Å². The number of benzene rings is 1. The Morgan fingerprint density at radius 1 is 1.47 bits per heavy atom. The highest BCUT2D eigenvalue weighted by atomic mass is 79.9. The molecule has 1 aromatic carbocycles. The molecule has 0 aliphatic rings. The van der Waals surface area contributed by atoms with E-state index in [4.69, 9.17) is 0 Å². The summed E-state index contributed by atoms with van der Waals surface area (Å²) in [5.41, 5.74) is 0.139. The smallest absolute Gasteiger partial charge is 0.291 e. The highest BCUT2D eigenvalue weighted by molar-refractivity contribution is 9.10. The molecule has 15 heavy (non-hydrogen) atoms. The van der Waals surface area contributed by atoms with E-state index in [1.807, 2.05) is 0 Å². The van der Waals surface area contributed by atoms with Crippen LogP contribution in [0.1, 0.15) is 5.56 Å². The van der Waals surface area contributed by atoms with Gasteiger partial charge in [0.1, 0.15) is 5.82 Å². The summed E-state index contributed by atoms with van der Waals surface area (Å²) in [5, 5.41) is -3.91. The molecule has 0 saturated carbocycles. The molecule has 1 rings (SSSR count). The Bertz CT molecular complexity index is 389. The van der Waals surface area contributed by atoms with E-state index in [1.54, 1.807) is 0 Å². The molecule has 0 saturated heterocycles. The Balaban J connectivity index is 2.90. The van der Waals surface area contributed by atoms with Gasteiger partial charge in [-0.3, -0.25) is 4.79 Å². The van der Waals surface area contributed by atoms with Crippen molar-refractivity contribution in [2.75, 3.05) is 0 Å². The van der Waals surface area contributed by atoms with Crippen LogP contribution in [0.5, 0.6) is 0 Å². The molecule has 0 atom stereocenters. The van der Waals surface area contributed by atoms with Crippen LogP contribution in [0.3, 0.4) is 0 Å². The van der Waals surface area contributed by atoms with Gasteiger partial charge in [0.05, 0.1) is 0 Å². The van der Waals surface area contributed by atoms with Gasteiger partial charge in [-0.2, -0.15) is 8.78 Å². The highest BCUT2D eigenvalue weighted by Gasteiger charge is 2.35. The zero-order chi connectivity index (χ0) is 11.6. The molecule has 1 nitrogen and oxygen atoms in total. The minimum atomic E-state index is -3.91. The van der Waals surface area contributed by atoms with Crippen molar-refractivity contribution in [3.63, 3.8) is 0 Å². The van der Waals surface area contributed by atoms with Gasteiger partial charge in [-0.25, -0.2) is 4.39 Å². The first kappa shape index (κ1) is 12.5. The van der Waals surface area contributed by atoms with Gasteiger partial charge in [0.2, 0.25) is 5.78 Å². The fourth-order valence-electron chi connectivity index (χ4n) is 0.952. The summed E-state index contributed by atoms with van der Waals surface area (Å²) in [6, 6.07) is 3.49. The van der Waals surface area contributed by atoms with Crippen molar-refractivity contribution in [3.05, 3.63) is 34.1 Å². The van der Waals surface area contributed by atoms with Crippen LogP contribution in [0.25, 0.3) is 0 Å². The Morgan fingerprint density at radius 2 is 2.07 bits per heavy atom. The van der Waals surface area contributed by atoms with Gasteiger partial charge >= 0.3 is 5.38 Å². The van der Waals surface area contributed by atoms with E-state index in [1.165, 1.54) is 6.07 Å². The number of Topliss-reactive ketones (excluding diaryl/α,β-unsaturated/α-hetero) is 1. The van der Waals surface area contributed by atoms with Crippen molar-refractivity contribution in [3.8, 4) is 0 Å². The maximum absolute atomic E-state index is 12.7. The molecule has 0 bridgehead atoms. The number of carbonyl (C=O) groups is 1. The van der Waals surface area contributed by atoms with Crippen molar-refractivity contribution >= 4 is 33.3 Å². The highest BCUT2D eigenvalue weighted by Crippen LogP contribution is 2.25. The topological polar surface area (TPSA) is 17.1 Å². The molecule has 0 fully saturated rings. The van der Waals surface area contributed by atoms with E-state index >= 15 is 0 Å². The Labute approximate surface area is 97.4 Å². The summed E-state index contributed by atoms with van der Waals surface area (Å²) >= 11 is 7.55. The van der Waals surface area contributed by atoms with Crippen LogP contribution in [0, 0.1) is 5.82 Å². The van der Waals surface area contributed by atoms with Crippen molar-refractivity contribution in [1.82, 2.24) is 0 Å². The van der Waals surface area contributed by atoms with Gasteiger partial charge in [0.25, 0.3) is 0 Å². The second-order valence-corrected chi connectivity index (χ2v) is 4.16. The predicted molar refractivity (Wildman–Crippen MR) is 53.6 cm³/mol. The van der Waals surface area contributed by atoms with Gasteiger partial charge < -0.3 is 0 Å². The lowest BCUT2D eigenvalue weighted by atomic mass is 10.1. The largest absolute Gasteiger partial charge is 0.380 e. The fourth-order valence-corrected chi connectivity index (χ4v) is 1.41. The molecule has 0 aliphatic carbocycles. The molecule has 82 valence electrons. The number of rotatable bonds is 3. The summed E-state index contributed by atoms with van der Waals surface area (Å²) in [6.45, 7) is 0. The molecule has 1 aromatic rings. The molecule has 0 aromatic heterocycles. The third-order valence-corrected chi connectivity index (χ3v) is 2.66. The van der Waals surface area contributed by atoms with Crippen LogP contribution in [0.4, 0.5) is 13.2 Å². The lowest BCUT2D eigenvalue weighted by Gasteiger charge is -2.07. The Hall–Kier alpha value is -0.550. The van der Waals surface area contributed by atoms with E-state index < -0.39 is 23.4 Å². The van der Waals surface area contributed by atoms with E-state index in [0.717, 1.165) is 12.1 Å². The lowest BCUT2D eigenvalue weighted by Crippen LogP contribution is -2.23. The monoisotopic (exact) mass is 300 g/mol. The molecule has 0 unspecified atom stereocenters. The van der Waals surface area contributed by atoms with Gasteiger partial charge in [-0.15, -0.1) is 0 Å². The van der Waals surface area contributed by atoms with Crippen LogP contribution in [-0.4, -0.2) is 11.2 Å². The average molecular weight is 301 g/mol. The first-order valence-corrected chi connectivity index (χ1v) is 5.02. The maximum atomic E-state index is 12.7. The second kappa shape index (κ2) is 4.53. The van der Waals surface area contributed by atoms with Crippen molar-refractivity contribution in [2.45, 2.75) is 11.8 Å². The normalized spacial score (nSPS) is 11.5. The van der Waals surface area contributed by atoms with Crippen LogP contribution in [0.15, 0.2) is 22.7 Å². The minimum absolute atomic E-state index is 0.139. The van der Waals surface area contributed by atoms with Gasteiger partial charge in [-0.1, -0.05) is 15.9 Å². The molecule has 6 heteroatoms. The van der Waals surface area contributed by atoms with E-state index in [9.17, 15) is 18.0 Å². The zero-order valence-corrected chi connectivity index (χ0v) is 9.58. The SMILES string of the molecule is O=C(Cc1cc(F)ccc1Br)C(F)(F)Cl. The van der Waals surface area contributed by atoms with Crippen molar-refractivity contribution in [2.24, 2.45) is 0 Å². The first-order chi connectivity index (χ1) is 6.80. The summed E-state index contributed by atoms with van der Waals surface area (Å²) in [4.78, 5) is 10.9. The molecule has 0 spiro atoms. The van der Waals surface area contributed by atoms with Crippen LogP contribution >= 0.6 is 27.5 Å². The summed E-state index contributed by atoms with van der Waals surface area (Å²) < 4.78 is 37.8. The first-order valence-electron chi connectivity index (χ1n) is 3.84. The number of carbonyl (C=O) groups excluding carboxylic acids is 1. The molecule has 0 radical (unpaired) electrons. The molecular weight excluding hydrogens is 296 g/mol. The summed E-state index contributed by atoms with van der Waals surface area (Å²) in [6.07, 6.45) is -0.616. The van der Waals surface area contributed by atoms with Crippen LogP contribution < -0.4 is 0 Å². The van der Waals surface area contributed by atoms with E-state index in [2.05, 4.69) is 27.5 Å². The number of hydrogen-bond donors (Lipinski definition) is 0. The number of hydrogen-bond acceptors (Lipinski definition) is 1. The van der Waals surface area contributed by atoms with Gasteiger partial charge in [-0.05, 0) is 35.4 Å². The lowest BCUT2D eigenvalue weighted by molar-refractivity contribution is -0.132. The Morgan fingerprint density at radius 3 is 2.60 bits per heavy atom. The number of halogens is 5. The fraction of sp³-hybridized carbons (Fsp3) is 0.222. The second-order valence-electron chi connectivity index (χ2n) is 2.83. The number of ketones is 1. The summed E-state index contributed by atoms with van der Waals surface area (Å²) in [7, 11) is 0. The maximum Gasteiger partial charge on any atom is 0.380 e. The standard InChI is InChI=1S/C9H5BrClF3O/c10-7-2-1-6(12)3-5(7)4-8(15)9(11,13)14/h1-3H,4H2. The molecule has 0 aliphatic heterocycles. The molecular formula is C9H5BrClF3O. The molecule has 0 amide bonds. The molecule has 0 N–H and O–H groups in total. The van der Waals surface area contributed by atoms with Gasteiger partial charge in [0, 0.05) is 10.9 Å². The third kappa shape index (κ3) is 3.50.